The lowest BCUT2D eigenvalue weighted by molar-refractivity contribution is 0.183. The molecule has 0 spiro atoms. The fraction of sp³-hybridized carbons (Fsp3) is 0.462. The predicted molar refractivity (Wildman–Crippen MR) is 68.2 cm³/mol. The van der Waals surface area contributed by atoms with Gasteiger partial charge in [0, 0.05) is 18.6 Å². The van der Waals surface area contributed by atoms with Crippen LogP contribution in [0.25, 0.3) is 0 Å². The normalized spacial score (nSPS) is 20.9. The zero-order chi connectivity index (χ0) is 12.3. The van der Waals surface area contributed by atoms with E-state index in [1.807, 2.05) is 0 Å². The maximum Gasteiger partial charge on any atom is 0.0992 e. The Bertz CT molecular complexity index is 436. The summed E-state index contributed by atoms with van der Waals surface area (Å²) in [6, 6.07) is 7.67. The molecular weight excluding hydrogens is 236 g/mol. The molecule has 1 N–H and O–H groups in total. The molecule has 0 radical (unpaired) electrons. The van der Waals surface area contributed by atoms with E-state index >= 15 is 0 Å². The molecular formula is C13H15ClN2O. The number of halogens is 1. The number of nitrogens with one attached hydrogen (secondary N) is 1. The molecule has 17 heavy (non-hydrogen) atoms. The Morgan fingerprint density at radius 3 is 3.06 bits per heavy atom. The Hall–Kier alpha value is -1.24. The maximum atomic E-state index is 8.86. The van der Waals surface area contributed by atoms with Gasteiger partial charge in [0.25, 0.3) is 0 Å². The monoisotopic (exact) mass is 250 g/mol. The average molecular weight is 251 g/mol. The largest absolute Gasteiger partial charge is 0.381 e. The zero-order valence-corrected chi connectivity index (χ0v) is 10.5. The fourth-order valence-corrected chi connectivity index (χ4v) is 2.19. The van der Waals surface area contributed by atoms with Crippen molar-refractivity contribution in [3.8, 4) is 6.07 Å². The summed E-state index contributed by atoms with van der Waals surface area (Å²) in [6.07, 6.45) is 1.07. The third-order valence-corrected chi connectivity index (χ3v) is 3.48. The van der Waals surface area contributed by atoms with Crippen LogP contribution >= 0.6 is 11.6 Å². The van der Waals surface area contributed by atoms with Gasteiger partial charge in [-0.3, -0.25) is 0 Å². The van der Waals surface area contributed by atoms with E-state index in [1.165, 1.54) is 0 Å². The van der Waals surface area contributed by atoms with Crippen LogP contribution in [0.2, 0.25) is 5.02 Å². The molecule has 4 heteroatoms. The summed E-state index contributed by atoms with van der Waals surface area (Å²) in [4.78, 5) is 0. The molecule has 1 heterocycles. The van der Waals surface area contributed by atoms with E-state index in [4.69, 9.17) is 21.6 Å². The molecule has 0 aromatic heterocycles. The van der Waals surface area contributed by atoms with Gasteiger partial charge in [-0.1, -0.05) is 11.6 Å². The summed E-state index contributed by atoms with van der Waals surface area (Å²) < 4.78 is 5.37. The Morgan fingerprint density at radius 2 is 2.41 bits per heavy atom. The third kappa shape index (κ3) is 2.91. The molecule has 1 saturated heterocycles. The van der Waals surface area contributed by atoms with Gasteiger partial charge < -0.3 is 10.1 Å². The van der Waals surface area contributed by atoms with Crippen LogP contribution in [0.1, 0.15) is 18.9 Å². The SMILES string of the molecule is CC(Nc1cc(C#N)ccc1Cl)C1CCOC1. The second kappa shape index (κ2) is 5.39. The maximum absolute atomic E-state index is 8.86. The van der Waals surface area contributed by atoms with Gasteiger partial charge in [-0.15, -0.1) is 0 Å². The molecule has 1 aromatic carbocycles. The Morgan fingerprint density at radius 1 is 1.59 bits per heavy atom. The van der Waals surface area contributed by atoms with Crippen molar-refractivity contribution < 1.29 is 4.74 Å². The van der Waals surface area contributed by atoms with Crippen molar-refractivity contribution in [2.75, 3.05) is 18.5 Å². The molecule has 0 aliphatic carbocycles. The number of hydrogen-bond donors (Lipinski definition) is 1. The highest BCUT2D eigenvalue weighted by atomic mass is 35.5. The summed E-state index contributed by atoms with van der Waals surface area (Å²) in [6.45, 7) is 3.75. The first-order valence-electron chi connectivity index (χ1n) is 5.74. The first-order valence-corrected chi connectivity index (χ1v) is 6.12. The second-order valence-electron chi connectivity index (χ2n) is 4.36. The van der Waals surface area contributed by atoms with Gasteiger partial charge in [0.1, 0.15) is 0 Å². The van der Waals surface area contributed by atoms with Crippen molar-refractivity contribution >= 4 is 17.3 Å². The van der Waals surface area contributed by atoms with Crippen LogP contribution in [-0.2, 0) is 4.74 Å². The van der Waals surface area contributed by atoms with Gasteiger partial charge in [-0.2, -0.15) is 5.26 Å². The molecule has 0 bridgehead atoms. The van der Waals surface area contributed by atoms with E-state index in [0.717, 1.165) is 25.3 Å². The molecule has 1 aliphatic heterocycles. The summed E-state index contributed by atoms with van der Waals surface area (Å²) in [5, 5.41) is 12.9. The molecule has 1 aromatic rings. The molecule has 2 rings (SSSR count). The van der Waals surface area contributed by atoms with Crippen molar-refractivity contribution in [1.82, 2.24) is 0 Å². The first kappa shape index (κ1) is 12.2. The standard InChI is InChI=1S/C13H15ClN2O/c1-9(11-4-5-17-8-11)16-13-6-10(7-15)2-3-12(13)14/h2-3,6,9,11,16H,4-5,8H2,1H3. The highest BCUT2D eigenvalue weighted by molar-refractivity contribution is 6.33. The molecule has 1 fully saturated rings. The minimum atomic E-state index is 0.295. The molecule has 3 nitrogen and oxygen atoms in total. The summed E-state index contributed by atoms with van der Waals surface area (Å²) in [7, 11) is 0. The number of ether oxygens (including phenoxy) is 1. The van der Waals surface area contributed by atoms with E-state index in [2.05, 4.69) is 18.3 Å². The van der Waals surface area contributed by atoms with Gasteiger partial charge in [0.15, 0.2) is 0 Å². The molecule has 0 amide bonds. The highest BCUT2D eigenvalue weighted by Crippen LogP contribution is 2.26. The fourth-order valence-electron chi connectivity index (χ4n) is 2.02. The van der Waals surface area contributed by atoms with E-state index in [0.29, 0.717) is 22.5 Å². The van der Waals surface area contributed by atoms with Crippen LogP contribution in [0, 0.1) is 17.2 Å². The van der Waals surface area contributed by atoms with Crippen molar-refractivity contribution in [2.45, 2.75) is 19.4 Å². The first-order chi connectivity index (χ1) is 8.20. The smallest absolute Gasteiger partial charge is 0.0992 e. The average Bonchev–Trinajstić information content (AvgIpc) is 2.85. The van der Waals surface area contributed by atoms with Crippen LogP contribution in [-0.4, -0.2) is 19.3 Å². The Balaban J connectivity index is 2.09. The van der Waals surface area contributed by atoms with E-state index in [1.54, 1.807) is 18.2 Å². The van der Waals surface area contributed by atoms with Gasteiger partial charge in [0.2, 0.25) is 0 Å². The molecule has 0 saturated carbocycles. The summed E-state index contributed by atoms with van der Waals surface area (Å²) in [5.74, 6) is 0.511. The molecule has 90 valence electrons. The minimum Gasteiger partial charge on any atom is -0.381 e. The third-order valence-electron chi connectivity index (χ3n) is 3.15. The Kier molecular flexibility index (Phi) is 3.88. The quantitative estimate of drug-likeness (QED) is 0.897. The van der Waals surface area contributed by atoms with Crippen LogP contribution in [0.5, 0.6) is 0 Å². The van der Waals surface area contributed by atoms with Gasteiger partial charge in [-0.25, -0.2) is 0 Å². The number of rotatable bonds is 3. The van der Waals surface area contributed by atoms with Crippen molar-refractivity contribution in [3.05, 3.63) is 28.8 Å². The van der Waals surface area contributed by atoms with E-state index in [9.17, 15) is 0 Å². The molecule has 2 unspecified atom stereocenters. The Labute approximate surface area is 106 Å². The van der Waals surface area contributed by atoms with Crippen molar-refractivity contribution in [3.63, 3.8) is 0 Å². The number of nitriles is 1. The minimum absolute atomic E-state index is 0.295. The van der Waals surface area contributed by atoms with Crippen LogP contribution in [0.4, 0.5) is 5.69 Å². The number of nitrogens with zero attached hydrogens (tertiary/aromatic N) is 1. The summed E-state index contributed by atoms with van der Waals surface area (Å²) in [5.41, 5.74) is 1.44. The summed E-state index contributed by atoms with van der Waals surface area (Å²) >= 11 is 6.10. The second-order valence-corrected chi connectivity index (χ2v) is 4.77. The highest BCUT2D eigenvalue weighted by Gasteiger charge is 2.22. The number of benzene rings is 1. The van der Waals surface area contributed by atoms with Gasteiger partial charge in [0.05, 0.1) is 28.9 Å². The van der Waals surface area contributed by atoms with Crippen LogP contribution < -0.4 is 5.32 Å². The van der Waals surface area contributed by atoms with E-state index in [-0.39, 0.29) is 0 Å². The predicted octanol–water partition coefficient (Wildman–Crippen LogP) is 3.05. The number of anilines is 1. The molecule has 1 aliphatic rings. The molecule has 2 atom stereocenters. The topological polar surface area (TPSA) is 45.0 Å². The van der Waals surface area contributed by atoms with Crippen LogP contribution in [0.3, 0.4) is 0 Å². The van der Waals surface area contributed by atoms with Crippen LogP contribution in [0.15, 0.2) is 18.2 Å². The van der Waals surface area contributed by atoms with Gasteiger partial charge in [-0.05, 0) is 31.5 Å². The van der Waals surface area contributed by atoms with Crippen molar-refractivity contribution in [1.29, 1.82) is 5.26 Å². The lowest BCUT2D eigenvalue weighted by atomic mass is 10.0. The number of hydrogen-bond acceptors (Lipinski definition) is 3. The lowest BCUT2D eigenvalue weighted by Gasteiger charge is -2.21. The lowest BCUT2D eigenvalue weighted by Crippen LogP contribution is -2.26. The van der Waals surface area contributed by atoms with Crippen molar-refractivity contribution in [2.24, 2.45) is 5.92 Å². The van der Waals surface area contributed by atoms with E-state index < -0.39 is 0 Å². The van der Waals surface area contributed by atoms with Gasteiger partial charge >= 0.3 is 0 Å². The zero-order valence-electron chi connectivity index (χ0n) is 9.74.